The number of methoxy groups -OCH3 is 2. The van der Waals surface area contributed by atoms with E-state index in [2.05, 4.69) is 15.8 Å². The van der Waals surface area contributed by atoms with Gasteiger partial charge in [0.05, 0.1) is 31.0 Å². The molecule has 0 aliphatic rings. The summed E-state index contributed by atoms with van der Waals surface area (Å²) in [7, 11) is 3.24. The van der Waals surface area contributed by atoms with Gasteiger partial charge in [0.15, 0.2) is 11.5 Å². The number of nitrogens with zero attached hydrogens (tertiary/aromatic N) is 1. The minimum atomic E-state index is -0.0173. The maximum Gasteiger partial charge on any atom is 0.161 e. The van der Waals surface area contributed by atoms with Crippen LogP contribution in [0.25, 0.3) is 0 Å². The Kier molecular flexibility index (Phi) is 4.94. The van der Waals surface area contributed by atoms with Gasteiger partial charge in [-0.25, -0.2) is 4.98 Å². The zero-order valence-electron chi connectivity index (χ0n) is 11.8. The molecule has 0 aliphatic carbocycles. The fourth-order valence-electron chi connectivity index (χ4n) is 2.05. The summed E-state index contributed by atoms with van der Waals surface area (Å²) >= 11 is 1.64. The van der Waals surface area contributed by atoms with Crippen molar-refractivity contribution in [3.63, 3.8) is 0 Å². The quantitative estimate of drug-likeness (QED) is 0.631. The van der Waals surface area contributed by atoms with Crippen LogP contribution in [0.4, 0.5) is 0 Å². The predicted molar refractivity (Wildman–Crippen MR) is 80.2 cm³/mol. The number of thiazole rings is 1. The second kappa shape index (κ2) is 6.69. The first-order valence-electron chi connectivity index (χ1n) is 6.27. The highest BCUT2D eigenvalue weighted by Crippen LogP contribution is 2.30. The maximum absolute atomic E-state index is 5.68. The molecule has 3 N–H and O–H groups in total. The number of nitrogens with two attached hydrogens (primary N) is 1. The Bertz CT molecular complexity index is 571. The number of aromatic nitrogens is 1. The predicted octanol–water partition coefficient (Wildman–Crippen LogP) is 2.22. The molecule has 2 aromatic rings. The van der Waals surface area contributed by atoms with E-state index in [1.54, 1.807) is 25.6 Å². The summed E-state index contributed by atoms with van der Waals surface area (Å²) in [6.07, 6.45) is 0.732. The minimum absolute atomic E-state index is 0.0173. The molecule has 5 nitrogen and oxygen atoms in total. The van der Waals surface area contributed by atoms with Crippen LogP contribution < -0.4 is 20.7 Å². The van der Waals surface area contributed by atoms with Crippen LogP contribution in [0.2, 0.25) is 0 Å². The van der Waals surface area contributed by atoms with E-state index in [0.717, 1.165) is 22.7 Å². The fraction of sp³-hybridized carbons (Fsp3) is 0.357. The van der Waals surface area contributed by atoms with Crippen molar-refractivity contribution in [1.82, 2.24) is 10.4 Å². The summed E-state index contributed by atoms with van der Waals surface area (Å²) in [5.41, 5.74) is 4.90. The zero-order chi connectivity index (χ0) is 14.5. The van der Waals surface area contributed by atoms with E-state index in [-0.39, 0.29) is 6.04 Å². The van der Waals surface area contributed by atoms with Crippen LogP contribution >= 0.6 is 11.3 Å². The van der Waals surface area contributed by atoms with Gasteiger partial charge in [-0.15, -0.1) is 11.3 Å². The first-order valence-corrected chi connectivity index (χ1v) is 7.15. The Morgan fingerprint density at radius 1 is 1.30 bits per heavy atom. The van der Waals surface area contributed by atoms with E-state index in [0.29, 0.717) is 11.5 Å². The van der Waals surface area contributed by atoms with Crippen molar-refractivity contribution in [2.24, 2.45) is 5.84 Å². The maximum atomic E-state index is 5.68. The van der Waals surface area contributed by atoms with Gasteiger partial charge in [0.25, 0.3) is 0 Å². The Labute approximate surface area is 122 Å². The van der Waals surface area contributed by atoms with Gasteiger partial charge in [-0.1, -0.05) is 6.07 Å². The highest BCUT2D eigenvalue weighted by atomic mass is 32.1. The third-order valence-corrected chi connectivity index (χ3v) is 3.91. The average Bonchev–Trinajstić information content (AvgIpc) is 2.89. The molecular formula is C14H19N3O2S. The van der Waals surface area contributed by atoms with Crippen LogP contribution in [0.15, 0.2) is 23.6 Å². The fourth-order valence-corrected chi connectivity index (χ4v) is 2.68. The number of benzene rings is 1. The summed E-state index contributed by atoms with van der Waals surface area (Å²) in [5, 5.41) is 3.11. The van der Waals surface area contributed by atoms with Crippen molar-refractivity contribution in [2.45, 2.75) is 19.4 Å². The molecule has 1 aromatic carbocycles. The molecule has 2 rings (SSSR count). The van der Waals surface area contributed by atoms with Gasteiger partial charge in [-0.2, -0.15) is 0 Å². The third kappa shape index (κ3) is 3.27. The third-order valence-electron chi connectivity index (χ3n) is 3.09. The van der Waals surface area contributed by atoms with E-state index in [4.69, 9.17) is 15.3 Å². The van der Waals surface area contributed by atoms with Gasteiger partial charge in [-0.3, -0.25) is 11.3 Å². The molecule has 0 fully saturated rings. The lowest BCUT2D eigenvalue weighted by Gasteiger charge is -2.17. The molecule has 0 amide bonds. The van der Waals surface area contributed by atoms with Crippen molar-refractivity contribution in [1.29, 1.82) is 0 Å². The molecule has 1 aromatic heterocycles. The van der Waals surface area contributed by atoms with E-state index < -0.39 is 0 Å². The Morgan fingerprint density at radius 3 is 2.60 bits per heavy atom. The number of hydrogen-bond donors (Lipinski definition) is 2. The van der Waals surface area contributed by atoms with Crippen LogP contribution in [0, 0.1) is 6.92 Å². The summed E-state index contributed by atoms with van der Waals surface area (Å²) < 4.78 is 10.6. The number of ether oxygens (including phenoxy) is 2. The largest absolute Gasteiger partial charge is 0.493 e. The van der Waals surface area contributed by atoms with Gasteiger partial charge in [0.1, 0.15) is 0 Å². The summed E-state index contributed by atoms with van der Waals surface area (Å²) in [6.45, 7) is 2.00. The highest BCUT2D eigenvalue weighted by molar-refractivity contribution is 7.09. The number of rotatable bonds is 6. The zero-order valence-corrected chi connectivity index (χ0v) is 12.7. The molecule has 0 spiro atoms. The Morgan fingerprint density at radius 2 is 2.05 bits per heavy atom. The second-order valence-electron chi connectivity index (χ2n) is 4.40. The lowest BCUT2D eigenvalue weighted by molar-refractivity contribution is 0.353. The molecule has 0 aliphatic heterocycles. The van der Waals surface area contributed by atoms with Crippen LogP contribution in [-0.2, 0) is 6.42 Å². The Balaban J connectivity index is 2.22. The first kappa shape index (κ1) is 14.8. The van der Waals surface area contributed by atoms with Crippen molar-refractivity contribution in [3.05, 3.63) is 39.8 Å². The van der Waals surface area contributed by atoms with Crippen molar-refractivity contribution >= 4 is 11.3 Å². The lowest BCUT2D eigenvalue weighted by atomic mass is 10.0. The van der Waals surface area contributed by atoms with E-state index >= 15 is 0 Å². The number of hydrogen-bond acceptors (Lipinski definition) is 6. The number of aryl methyl sites for hydroxylation is 1. The summed E-state index contributed by atoms with van der Waals surface area (Å²) in [6, 6.07) is 5.77. The molecule has 1 heterocycles. The van der Waals surface area contributed by atoms with Gasteiger partial charge >= 0.3 is 0 Å². The number of nitrogens with one attached hydrogen (secondary N) is 1. The molecule has 0 bridgehead atoms. The molecule has 6 heteroatoms. The average molecular weight is 293 g/mol. The first-order chi connectivity index (χ1) is 9.67. The second-order valence-corrected chi connectivity index (χ2v) is 5.46. The Hall–Kier alpha value is -1.63. The van der Waals surface area contributed by atoms with Crippen molar-refractivity contribution in [3.8, 4) is 11.5 Å². The van der Waals surface area contributed by atoms with Gasteiger partial charge in [-0.05, 0) is 24.6 Å². The molecular weight excluding hydrogens is 274 g/mol. The molecule has 20 heavy (non-hydrogen) atoms. The molecule has 0 saturated carbocycles. The molecule has 108 valence electrons. The van der Waals surface area contributed by atoms with Gasteiger partial charge < -0.3 is 9.47 Å². The van der Waals surface area contributed by atoms with Gasteiger partial charge in [0, 0.05) is 11.8 Å². The molecule has 0 saturated heterocycles. The van der Waals surface area contributed by atoms with Crippen molar-refractivity contribution < 1.29 is 9.47 Å². The standard InChI is InChI=1S/C14H19N3O2S/c1-9-16-11(8-20-9)7-12(17-15)10-4-5-13(18-2)14(6-10)19-3/h4-6,8,12,17H,7,15H2,1-3H3. The van der Waals surface area contributed by atoms with Crippen LogP contribution in [0.5, 0.6) is 11.5 Å². The van der Waals surface area contributed by atoms with Gasteiger partial charge in [0.2, 0.25) is 0 Å². The molecule has 1 atom stereocenters. The summed E-state index contributed by atoms with van der Waals surface area (Å²) in [5.74, 6) is 7.07. The van der Waals surface area contributed by atoms with E-state index in [9.17, 15) is 0 Å². The number of hydrazine groups is 1. The topological polar surface area (TPSA) is 69.4 Å². The van der Waals surface area contributed by atoms with E-state index in [1.807, 2.05) is 25.1 Å². The SMILES string of the molecule is COc1ccc(C(Cc2csc(C)n2)NN)cc1OC. The summed E-state index contributed by atoms with van der Waals surface area (Å²) in [4.78, 5) is 4.47. The van der Waals surface area contributed by atoms with Crippen LogP contribution in [-0.4, -0.2) is 19.2 Å². The molecule has 1 unspecified atom stereocenters. The lowest BCUT2D eigenvalue weighted by Crippen LogP contribution is -2.29. The minimum Gasteiger partial charge on any atom is -0.493 e. The van der Waals surface area contributed by atoms with Crippen molar-refractivity contribution in [2.75, 3.05) is 14.2 Å². The van der Waals surface area contributed by atoms with E-state index in [1.165, 1.54) is 0 Å². The van der Waals surface area contributed by atoms with Crippen LogP contribution in [0.1, 0.15) is 22.3 Å². The normalized spacial score (nSPS) is 12.2. The highest BCUT2D eigenvalue weighted by Gasteiger charge is 2.15. The van der Waals surface area contributed by atoms with Crippen LogP contribution in [0.3, 0.4) is 0 Å². The smallest absolute Gasteiger partial charge is 0.161 e. The molecule has 0 radical (unpaired) electrons. The monoisotopic (exact) mass is 293 g/mol.